The van der Waals surface area contributed by atoms with Crippen molar-refractivity contribution in [2.45, 2.75) is 50.8 Å². The van der Waals surface area contributed by atoms with Crippen molar-refractivity contribution in [2.75, 3.05) is 18.6 Å². The Kier molecular flexibility index (Phi) is 7.37. The molecule has 1 heterocycles. The zero-order valence-corrected chi connectivity index (χ0v) is 12.3. The number of aliphatic imine (C=N–C) groups is 1. The molecule has 0 spiro atoms. The molecule has 0 aliphatic carbocycles. The van der Waals surface area contributed by atoms with Gasteiger partial charge in [0.25, 0.3) is 0 Å². The number of thioether (sulfide) groups is 2. The number of unbranched alkanes of at least 4 members (excludes halogenated alkanes) is 2. The molecular weight excluding hydrogens is 236 g/mol. The van der Waals surface area contributed by atoms with Gasteiger partial charge in [0, 0.05) is 17.8 Å². The number of nitrogens with zero attached hydrogens (tertiary/aromatic N) is 1. The van der Waals surface area contributed by atoms with Gasteiger partial charge in [0.2, 0.25) is 0 Å². The topological polar surface area (TPSA) is 24.4 Å². The van der Waals surface area contributed by atoms with Crippen LogP contribution in [-0.4, -0.2) is 35.0 Å². The summed E-state index contributed by atoms with van der Waals surface area (Å²) in [4.78, 5) is 4.64. The molecule has 1 rings (SSSR count). The van der Waals surface area contributed by atoms with Crippen LogP contribution < -0.4 is 5.32 Å². The van der Waals surface area contributed by atoms with Crippen LogP contribution >= 0.6 is 23.5 Å². The molecule has 2 unspecified atom stereocenters. The number of amidine groups is 1. The van der Waals surface area contributed by atoms with Crippen molar-refractivity contribution in [2.24, 2.45) is 4.99 Å². The fourth-order valence-corrected chi connectivity index (χ4v) is 3.53. The van der Waals surface area contributed by atoms with Gasteiger partial charge in [-0.2, -0.15) is 11.8 Å². The lowest BCUT2D eigenvalue weighted by atomic mass is 10.2. The molecule has 1 aliphatic rings. The van der Waals surface area contributed by atoms with Gasteiger partial charge < -0.3 is 5.32 Å². The summed E-state index contributed by atoms with van der Waals surface area (Å²) in [6, 6.07) is 0.589. The molecular formula is C12H24N2S2. The standard InChI is InChI=1S/C12H24N2S2/c1-10-9-11(2)16-12(14-10)13-7-5-4-6-8-15-3/h10-11H,4-9H2,1-3H3,(H,13,14). The Bertz CT molecular complexity index is 207. The average molecular weight is 260 g/mol. The molecule has 94 valence electrons. The van der Waals surface area contributed by atoms with Crippen LogP contribution in [0, 0.1) is 0 Å². The first-order valence-corrected chi connectivity index (χ1v) is 8.46. The Hall–Kier alpha value is 0.170. The molecule has 1 fully saturated rings. The van der Waals surface area contributed by atoms with Gasteiger partial charge in [-0.25, -0.2) is 0 Å². The van der Waals surface area contributed by atoms with E-state index in [4.69, 9.17) is 0 Å². The van der Waals surface area contributed by atoms with Gasteiger partial charge in [0.05, 0.1) is 0 Å². The smallest absolute Gasteiger partial charge is 0.157 e. The minimum Gasteiger partial charge on any atom is -0.362 e. The molecule has 16 heavy (non-hydrogen) atoms. The van der Waals surface area contributed by atoms with Crippen LogP contribution in [0.4, 0.5) is 0 Å². The fourth-order valence-electron chi connectivity index (χ4n) is 1.84. The highest BCUT2D eigenvalue weighted by Gasteiger charge is 2.19. The quantitative estimate of drug-likeness (QED) is 0.741. The highest BCUT2D eigenvalue weighted by atomic mass is 32.2. The second-order valence-electron chi connectivity index (χ2n) is 4.45. The molecule has 0 aromatic carbocycles. The lowest BCUT2D eigenvalue weighted by Crippen LogP contribution is -2.38. The van der Waals surface area contributed by atoms with Crippen LogP contribution in [0.5, 0.6) is 0 Å². The molecule has 0 bridgehead atoms. The summed E-state index contributed by atoms with van der Waals surface area (Å²) in [7, 11) is 0. The molecule has 2 atom stereocenters. The first-order valence-electron chi connectivity index (χ1n) is 6.19. The van der Waals surface area contributed by atoms with Gasteiger partial charge in [-0.05, 0) is 38.2 Å². The number of hydrogen-bond donors (Lipinski definition) is 1. The molecule has 2 nitrogen and oxygen atoms in total. The van der Waals surface area contributed by atoms with Gasteiger partial charge in [-0.1, -0.05) is 25.1 Å². The van der Waals surface area contributed by atoms with E-state index in [-0.39, 0.29) is 0 Å². The van der Waals surface area contributed by atoms with Crippen LogP contribution in [0.25, 0.3) is 0 Å². The van der Waals surface area contributed by atoms with E-state index in [1.54, 1.807) is 0 Å². The van der Waals surface area contributed by atoms with Crippen LogP contribution in [0.15, 0.2) is 4.99 Å². The van der Waals surface area contributed by atoms with Gasteiger partial charge in [0.1, 0.15) is 0 Å². The molecule has 0 saturated carbocycles. The van der Waals surface area contributed by atoms with E-state index in [1.165, 1.54) is 31.4 Å². The van der Waals surface area contributed by atoms with Crippen LogP contribution in [0.2, 0.25) is 0 Å². The van der Waals surface area contributed by atoms with Crippen LogP contribution in [-0.2, 0) is 0 Å². The largest absolute Gasteiger partial charge is 0.362 e. The van der Waals surface area contributed by atoms with Gasteiger partial charge in [-0.15, -0.1) is 0 Å². The minimum absolute atomic E-state index is 0.589. The van der Waals surface area contributed by atoms with Crippen molar-refractivity contribution >= 4 is 28.7 Å². The molecule has 1 N–H and O–H groups in total. The highest BCUT2D eigenvalue weighted by molar-refractivity contribution is 8.14. The van der Waals surface area contributed by atoms with Gasteiger partial charge in [0.15, 0.2) is 5.17 Å². The molecule has 0 aromatic rings. The summed E-state index contributed by atoms with van der Waals surface area (Å²) < 4.78 is 0. The minimum atomic E-state index is 0.589. The van der Waals surface area contributed by atoms with Crippen molar-refractivity contribution in [3.63, 3.8) is 0 Å². The fraction of sp³-hybridized carbons (Fsp3) is 0.917. The molecule has 4 heteroatoms. The summed E-state index contributed by atoms with van der Waals surface area (Å²) in [5, 5.41) is 5.34. The SMILES string of the molecule is CSCCCCCN=C1NC(C)CC(C)S1. The maximum atomic E-state index is 4.64. The molecule has 0 amide bonds. The van der Waals surface area contributed by atoms with Crippen molar-refractivity contribution in [3.05, 3.63) is 0 Å². The maximum Gasteiger partial charge on any atom is 0.157 e. The third-order valence-electron chi connectivity index (χ3n) is 2.63. The van der Waals surface area contributed by atoms with Crippen LogP contribution in [0.3, 0.4) is 0 Å². The lowest BCUT2D eigenvalue weighted by molar-refractivity contribution is 0.596. The normalized spacial score (nSPS) is 28.1. The maximum absolute atomic E-state index is 4.64. The lowest BCUT2D eigenvalue weighted by Gasteiger charge is -2.26. The number of nitrogens with one attached hydrogen (secondary N) is 1. The molecule has 0 radical (unpaired) electrons. The predicted octanol–water partition coefficient (Wildman–Crippen LogP) is 3.38. The van der Waals surface area contributed by atoms with Gasteiger partial charge in [-0.3, -0.25) is 4.99 Å². The van der Waals surface area contributed by atoms with Crippen molar-refractivity contribution in [3.8, 4) is 0 Å². The summed E-state index contributed by atoms with van der Waals surface area (Å²) >= 11 is 3.83. The number of rotatable bonds is 6. The third-order valence-corrected chi connectivity index (χ3v) is 4.39. The molecule has 1 aliphatic heterocycles. The van der Waals surface area contributed by atoms with E-state index in [1.807, 2.05) is 23.5 Å². The van der Waals surface area contributed by atoms with Crippen molar-refractivity contribution in [1.82, 2.24) is 5.32 Å². The Morgan fingerprint density at radius 2 is 2.19 bits per heavy atom. The zero-order valence-electron chi connectivity index (χ0n) is 10.7. The average Bonchev–Trinajstić information content (AvgIpc) is 2.22. The monoisotopic (exact) mass is 260 g/mol. The van der Waals surface area contributed by atoms with E-state index in [0.29, 0.717) is 11.3 Å². The Labute approximate surface area is 108 Å². The Morgan fingerprint density at radius 1 is 1.38 bits per heavy atom. The zero-order chi connectivity index (χ0) is 11.8. The van der Waals surface area contributed by atoms with E-state index in [9.17, 15) is 0 Å². The van der Waals surface area contributed by atoms with Gasteiger partial charge >= 0.3 is 0 Å². The molecule has 0 aromatic heterocycles. The Morgan fingerprint density at radius 3 is 2.88 bits per heavy atom. The summed E-state index contributed by atoms with van der Waals surface area (Å²) in [6.07, 6.45) is 7.30. The summed E-state index contributed by atoms with van der Waals surface area (Å²) in [5.74, 6) is 1.29. The number of hydrogen-bond acceptors (Lipinski definition) is 3. The van der Waals surface area contributed by atoms with E-state index >= 15 is 0 Å². The molecule has 1 saturated heterocycles. The van der Waals surface area contributed by atoms with Crippen molar-refractivity contribution in [1.29, 1.82) is 0 Å². The Balaban J connectivity index is 2.13. The predicted molar refractivity (Wildman–Crippen MR) is 78.8 cm³/mol. The summed E-state index contributed by atoms with van der Waals surface area (Å²) in [5.41, 5.74) is 0. The van der Waals surface area contributed by atoms with E-state index < -0.39 is 0 Å². The second-order valence-corrected chi connectivity index (χ2v) is 6.86. The first kappa shape index (κ1) is 14.2. The first-order chi connectivity index (χ1) is 7.72. The summed E-state index contributed by atoms with van der Waals surface area (Å²) in [6.45, 7) is 5.52. The van der Waals surface area contributed by atoms with E-state index in [0.717, 1.165) is 11.7 Å². The van der Waals surface area contributed by atoms with E-state index in [2.05, 4.69) is 30.4 Å². The highest BCUT2D eigenvalue weighted by Crippen LogP contribution is 2.22. The van der Waals surface area contributed by atoms with Crippen LogP contribution in [0.1, 0.15) is 39.5 Å². The van der Waals surface area contributed by atoms with Crippen molar-refractivity contribution < 1.29 is 0 Å². The third kappa shape index (κ3) is 6.04. The second kappa shape index (κ2) is 8.29.